The molecule has 9 heteroatoms. The number of aryl methyl sites for hydroxylation is 2. The monoisotopic (exact) mass is 621 g/mol. The molecule has 238 valence electrons. The summed E-state index contributed by atoms with van der Waals surface area (Å²) in [6.07, 6.45) is 1.26. The Bertz CT molecular complexity index is 1830. The van der Waals surface area contributed by atoms with E-state index in [0.717, 1.165) is 46.3 Å². The smallest absolute Gasteiger partial charge is 0.323 e. The van der Waals surface area contributed by atoms with E-state index in [1.165, 1.54) is 0 Å². The lowest BCUT2D eigenvalue weighted by atomic mass is 9.73. The molecule has 6 rings (SSSR count). The maximum atomic E-state index is 13.5. The third-order valence-electron chi connectivity index (χ3n) is 9.32. The minimum Gasteiger partial charge on any atom is -0.425 e. The molecule has 1 heterocycles. The molecular formula is C37H39N3O6. The predicted molar refractivity (Wildman–Crippen MR) is 177 cm³/mol. The first-order valence-corrected chi connectivity index (χ1v) is 15.5. The van der Waals surface area contributed by atoms with Crippen molar-refractivity contribution in [2.75, 3.05) is 24.2 Å². The fourth-order valence-electron chi connectivity index (χ4n) is 6.86. The molecule has 0 fully saturated rings. The van der Waals surface area contributed by atoms with E-state index in [1.807, 2.05) is 75.5 Å². The van der Waals surface area contributed by atoms with E-state index >= 15 is 0 Å². The topological polar surface area (TPSA) is 131 Å². The molecule has 1 unspecified atom stereocenters. The SMILES string of the molecule is Cc1ccccc1CC(=O)Oc1c(CO)cc(NC(=O)Nc2ccccc2C)c2c1-c1c(CO)c(CO)cc3c1C(C2)N(C)CC3. The van der Waals surface area contributed by atoms with Gasteiger partial charge in [0.1, 0.15) is 5.75 Å². The highest BCUT2D eigenvalue weighted by Gasteiger charge is 2.39. The van der Waals surface area contributed by atoms with E-state index < -0.39 is 18.6 Å². The number of urea groups is 1. The molecule has 0 saturated carbocycles. The number of anilines is 2. The molecule has 4 aromatic carbocycles. The van der Waals surface area contributed by atoms with Crippen LogP contribution < -0.4 is 15.4 Å². The number of amides is 2. The van der Waals surface area contributed by atoms with Crippen LogP contribution in [0.2, 0.25) is 0 Å². The highest BCUT2D eigenvalue weighted by atomic mass is 16.5. The number of hydrogen-bond acceptors (Lipinski definition) is 7. The first kappa shape index (κ1) is 31.4. The molecule has 1 atom stereocenters. The van der Waals surface area contributed by atoms with Crippen LogP contribution in [0.25, 0.3) is 11.1 Å². The number of nitrogens with one attached hydrogen (secondary N) is 2. The van der Waals surface area contributed by atoms with Gasteiger partial charge >= 0.3 is 12.0 Å². The minimum absolute atomic E-state index is 0.0259. The number of hydrogen-bond donors (Lipinski definition) is 5. The molecule has 4 aromatic rings. The average molecular weight is 622 g/mol. The van der Waals surface area contributed by atoms with Gasteiger partial charge in [0.25, 0.3) is 0 Å². The van der Waals surface area contributed by atoms with Crippen molar-refractivity contribution in [1.82, 2.24) is 4.90 Å². The Balaban J connectivity index is 1.54. The maximum absolute atomic E-state index is 13.5. The van der Waals surface area contributed by atoms with Crippen LogP contribution in [0.3, 0.4) is 0 Å². The largest absolute Gasteiger partial charge is 0.425 e. The van der Waals surface area contributed by atoms with Gasteiger partial charge in [-0.1, -0.05) is 48.5 Å². The number of carbonyl (C=O) groups is 2. The summed E-state index contributed by atoms with van der Waals surface area (Å²) in [6.45, 7) is 3.53. The number of carbonyl (C=O) groups excluding carboxylic acids is 2. The van der Waals surface area contributed by atoms with Gasteiger partial charge in [0.2, 0.25) is 0 Å². The molecule has 2 amide bonds. The fraction of sp³-hybridized carbons (Fsp3) is 0.297. The summed E-state index contributed by atoms with van der Waals surface area (Å²) in [5, 5.41) is 37.7. The number of rotatable bonds is 8. The average Bonchev–Trinajstić information content (AvgIpc) is 3.05. The van der Waals surface area contributed by atoms with Crippen LogP contribution in [0.5, 0.6) is 5.75 Å². The van der Waals surface area contributed by atoms with Crippen molar-refractivity contribution in [2.24, 2.45) is 0 Å². The van der Waals surface area contributed by atoms with Crippen molar-refractivity contribution in [3.63, 3.8) is 0 Å². The van der Waals surface area contributed by atoms with Crippen molar-refractivity contribution in [1.29, 1.82) is 0 Å². The summed E-state index contributed by atoms with van der Waals surface area (Å²) in [4.78, 5) is 29.2. The zero-order valence-electron chi connectivity index (χ0n) is 26.3. The van der Waals surface area contributed by atoms with Gasteiger partial charge in [-0.2, -0.15) is 0 Å². The number of fused-ring (bicyclic) bond motifs is 2. The van der Waals surface area contributed by atoms with E-state index in [-0.39, 0.29) is 31.4 Å². The van der Waals surface area contributed by atoms with E-state index in [9.17, 15) is 24.9 Å². The van der Waals surface area contributed by atoms with Gasteiger partial charge in [-0.15, -0.1) is 0 Å². The molecule has 0 radical (unpaired) electrons. The van der Waals surface area contributed by atoms with Crippen molar-refractivity contribution in [3.8, 4) is 16.9 Å². The summed E-state index contributed by atoms with van der Waals surface area (Å²) in [5.74, 6) is -0.305. The summed E-state index contributed by atoms with van der Waals surface area (Å²) >= 11 is 0. The van der Waals surface area contributed by atoms with E-state index in [4.69, 9.17) is 4.74 Å². The second kappa shape index (κ2) is 13.1. The number of nitrogens with zero attached hydrogens (tertiary/aromatic N) is 1. The van der Waals surface area contributed by atoms with Gasteiger partial charge in [0.15, 0.2) is 0 Å². The number of esters is 1. The molecule has 0 saturated heterocycles. The third kappa shape index (κ3) is 5.78. The standard InChI is InChI=1S/C37H39N3O6/c1-21-8-4-6-10-23(21)16-32(44)46-36-26(19-42)15-30(39-37(45)38-29-11-7-5-9-22(29)2)27-17-31-33-24(12-13-40(31)3)14-25(18-41)28(20-43)34(33)35(27)36/h4-11,14-15,31,41-43H,12-13,16-20H2,1-3H3,(H2,38,39,45). The Labute approximate surface area is 268 Å². The maximum Gasteiger partial charge on any atom is 0.323 e. The number of para-hydroxylation sites is 1. The first-order valence-electron chi connectivity index (χ1n) is 15.5. The zero-order valence-corrected chi connectivity index (χ0v) is 26.3. The van der Waals surface area contributed by atoms with E-state index in [1.54, 1.807) is 6.07 Å². The van der Waals surface area contributed by atoms with E-state index in [2.05, 4.69) is 15.5 Å². The van der Waals surface area contributed by atoms with Gasteiger partial charge in [-0.25, -0.2) is 4.79 Å². The Morgan fingerprint density at radius 3 is 2.24 bits per heavy atom. The molecule has 1 aliphatic heterocycles. The minimum atomic E-state index is -0.499. The van der Waals surface area contributed by atoms with Crippen molar-refractivity contribution in [2.45, 2.75) is 59.0 Å². The Kier molecular flexibility index (Phi) is 8.93. The number of benzene rings is 4. The van der Waals surface area contributed by atoms with Crippen molar-refractivity contribution < 1.29 is 29.6 Å². The summed E-state index contributed by atoms with van der Waals surface area (Å²) in [6, 6.07) is 18.1. The molecule has 46 heavy (non-hydrogen) atoms. The van der Waals surface area contributed by atoms with Crippen LogP contribution in [-0.4, -0.2) is 45.8 Å². The molecule has 2 aliphatic rings. The second-order valence-electron chi connectivity index (χ2n) is 12.1. The number of aliphatic hydroxyl groups is 3. The number of ether oxygens (including phenoxy) is 1. The van der Waals surface area contributed by atoms with Gasteiger partial charge < -0.3 is 30.7 Å². The van der Waals surface area contributed by atoms with E-state index in [0.29, 0.717) is 45.6 Å². The molecule has 0 bridgehead atoms. The second-order valence-corrected chi connectivity index (χ2v) is 12.1. The van der Waals surface area contributed by atoms with Crippen molar-refractivity contribution in [3.05, 3.63) is 111 Å². The molecule has 5 N–H and O–H groups in total. The normalized spacial score (nSPS) is 15.1. The van der Waals surface area contributed by atoms with Crippen LogP contribution in [0, 0.1) is 13.8 Å². The fourth-order valence-corrected chi connectivity index (χ4v) is 6.86. The summed E-state index contributed by atoms with van der Waals surface area (Å²) in [5.41, 5.74) is 9.26. The Morgan fingerprint density at radius 2 is 1.54 bits per heavy atom. The van der Waals surface area contributed by atoms with Gasteiger partial charge in [0.05, 0.1) is 26.2 Å². The Morgan fingerprint density at radius 1 is 0.848 bits per heavy atom. The quantitative estimate of drug-likeness (QED) is 0.133. The lowest BCUT2D eigenvalue weighted by Gasteiger charge is -2.42. The lowest BCUT2D eigenvalue weighted by molar-refractivity contribution is -0.133. The molecule has 9 nitrogen and oxygen atoms in total. The number of likely N-dealkylation sites (N-methyl/N-ethyl adjacent to an activating group) is 1. The highest BCUT2D eigenvalue weighted by Crippen LogP contribution is 2.53. The van der Waals surface area contributed by atoms with Crippen LogP contribution in [0.15, 0.2) is 60.7 Å². The van der Waals surface area contributed by atoms with Crippen LogP contribution in [0.4, 0.5) is 16.2 Å². The van der Waals surface area contributed by atoms with Gasteiger partial charge in [0, 0.05) is 35.1 Å². The lowest BCUT2D eigenvalue weighted by Crippen LogP contribution is -2.37. The van der Waals surface area contributed by atoms with Gasteiger partial charge in [-0.05, 0) is 95.9 Å². The zero-order chi connectivity index (χ0) is 32.5. The first-order chi connectivity index (χ1) is 22.2. The third-order valence-corrected chi connectivity index (χ3v) is 9.32. The predicted octanol–water partition coefficient (Wildman–Crippen LogP) is 5.32. The van der Waals surface area contributed by atoms with Crippen molar-refractivity contribution >= 4 is 23.4 Å². The molecule has 1 aliphatic carbocycles. The summed E-state index contributed by atoms with van der Waals surface area (Å²) < 4.78 is 6.16. The number of aliphatic hydroxyl groups excluding tert-OH is 3. The Hall–Kier alpha value is -4.54. The van der Waals surface area contributed by atoms with Crippen LogP contribution in [-0.2, 0) is 43.9 Å². The molecule has 0 aromatic heterocycles. The van der Waals surface area contributed by atoms with Crippen LogP contribution in [0.1, 0.15) is 56.1 Å². The van der Waals surface area contributed by atoms with Crippen LogP contribution >= 0.6 is 0 Å². The molecular weight excluding hydrogens is 582 g/mol. The summed E-state index contributed by atoms with van der Waals surface area (Å²) in [7, 11) is 2.05. The molecule has 0 spiro atoms. The van der Waals surface area contributed by atoms with Gasteiger partial charge in [-0.3, -0.25) is 9.69 Å². The highest BCUT2D eigenvalue weighted by molar-refractivity contribution is 6.02.